The first-order valence-electron chi connectivity index (χ1n) is 8.81. The van der Waals surface area contributed by atoms with Gasteiger partial charge in [-0.05, 0) is 30.7 Å². The molecule has 9 heteroatoms. The number of furan rings is 1. The van der Waals surface area contributed by atoms with Crippen molar-refractivity contribution in [2.75, 3.05) is 13.1 Å². The number of imidazole rings is 1. The zero-order valence-corrected chi connectivity index (χ0v) is 16.7. The molecule has 1 aliphatic rings. The van der Waals surface area contributed by atoms with Crippen LogP contribution in [-0.2, 0) is 16.1 Å². The number of amides is 2. The highest BCUT2D eigenvalue weighted by Crippen LogP contribution is 2.31. The number of hydrogen-bond donors (Lipinski definition) is 1. The van der Waals surface area contributed by atoms with Crippen molar-refractivity contribution < 1.29 is 14.0 Å². The molecule has 1 aliphatic heterocycles. The van der Waals surface area contributed by atoms with E-state index in [1.54, 1.807) is 43.1 Å². The third-order valence-corrected chi connectivity index (χ3v) is 5.36. The van der Waals surface area contributed by atoms with E-state index in [9.17, 15) is 9.59 Å². The smallest absolute Gasteiger partial charge is 0.266 e. The number of nitrogens with zero attached hydrogens (tertiary/aromatic N) is 3. The standard InChI is InChI=1S/C19H20N4O3S2/c24-17(21-8-3-10-22-12-9-20-14-22)7-11-23-18(25)16(28-19(23)27)6-1-4-15-5-2-13-26-15/h1-2,4-6,9,12-14H,3,7-8,10-11H2,(H,21,24)/b4-1-,16-6-. The van der Waals surface area contributed by atoms with Crippen molar-refractivity contribution in [2.45, 2.75) is 19.4 Å². The SMILES string of the molecule is O=C(CCN1C(=O)/C(=C/C=C\c2ccco2)SC1=S)NCCCn1ccnc1. The summed E-state index contributed by atoms with van der Waals surface area (Å²) in [6, 6.07) is 3.62. The number of rotatable bonds is 9. The molecule has 7 nitrogen and oxygen atoms in total. The van der Waals surface area contributed by atoms with E-state index in [4.69, 9.17) is 16.6 Å². The summed E-state index contributed by atoms with van der Waals surface area (Å²) in [6.45, 7) is 1.65. The average molecular weight is 417 g/mol. The van der Waals surface area contributed by atoms with Gasteiger partial charge in [0, 0.05) is 38.4 Å². The van der Waals surface area contributed by atoms with Crippen LogP contribution in [0.1, 0.15) is 18.6 Å². The van der Waals surface area contributed by atoms with E-state index in [0.717, 1.165) is 13.0 Å². The van der Waals surface area contributed by atoms with Crippen molar-refractivity contribution in [3.8, 4) is 0 Å². The Bertz CT molecular complexity index is 873. The largest absolute Gasteiger partial charge is 0.465 e. The average Bonchev–Trinajstić information content (AvgIpc) is 3.42. The third kappa shape index (κ3) is 5.67. The number of nitrogens with one attached hydrogen (secondary N) is 1. The predicted octanol–water partition coefficient (Wildman–Crippen LogP) is 2.83. The summed E-state index contributed by atoms with van der Waals surface area (Å²) < 4.78 is 7.63. The molecule has 0 aromatic carbocycles. The van der Waals surface area contributed by atoms with Gasteiger partial charge in [-0.25, -0.2) is 4.98 Å². The minimum atomic E-state index is -0.174. The summed E-state index contributed by atoms with van der Waals surface area (Å²) >= 11 is 6.51. The fraction of sp³-hybridized carbons (Fsp3) is 0.263. The Labute approximate surface area is 172 Å². The molecule has 0 atom stereocenters. The van der Waals surface area contributed by atoms with E-state index >= 15 is 0 Å². The zero-order chi connectivity index (χ0) is 19.8. The molecule has 2 aromatic heterocycles. The Morgan fingerprint density at radius 2 is 2.29 bits per heavy atom. The van der Waals surface area contributed by atoms with E-state index in [1.807, 2.05) is 16.8 Å². The van der Waals surface area contributed by atoms with Crippen molar-refractivity contribution >= 4 is 46.2 Å². The van der Waals surface area contributed by atoms with Crippen LogP contribution in [0.25, 0.3) is 6.08 Å². The second-order valence-electron chi connectivity index (χ2n) is 5.98. The number of allylic oxidation sites excluding steroid dienone is 2. The molecule has 0 spiro atoms. The summed E-state index contributed by atoms with van der Waals surface area (Å²) in [5, 5.41) is 2.86. The molecule has 0 radical (unpaired) electrons. The molecule has 28 heavy (non-hydrogen) atoms. The van der Waals surface area contributed by atoms with Crippen molar-refractivity contribution in [3.63, 3.8) is 0 Å². The fourth-order valence-electron chi connectivity index (χ4n) is 2.53. The molecule has 3 heterocycles. The van der Waals surface area contributed by atoms with Gasteiger partial charge in [-0.1, -0.05) is 30.1 Å². The van der Waals surface area contributed by atoms with E-state index in [2.05, 4.69) is 10.3 Å². The highest BCUT2D eigenvalue weighted by atomic mass is 32.2. The molecule has 0 bridgehead atoms. The zero-order valence-electron chi connectivity index (χ0n) is 15.1. The first kappa shape index (κ1) is 20.1. The predicted molar refractivity (Wildman–Crippen MR) is 112 cm³/mol. The van der Waals surface area contributed by atoms with E-state index in [0.29, 0.717) is 21.5 Å². The van der Waals surface area contributed by atoms with Crippen LogP contribution in [0.5, 0.6) is 0 Å². The van der Waals surface area contributed by atoms with Crippen LogP contribution in [0, 0.1) is 0 Å². The number of carbonyl (C=O) groups excluding carboxylic acids is 2. The second kappa shape index (κ2) is 10.0. The van der Waals surface area contributed by atoms with Crippen LogP contribution in [0.15, 0.2) is 58.6 Å². The Kier molecular flexibility index (Phi) is 7.21. The number of thioether (sulfide) groups is 1. The number of thiocarbonyl (C=S) groups is 1. The molecule has 1 N–H and O–H groups in total. The molecule has 2 amide bonds. The van der Waals surface area contributed by atoms with Gasteiger partial charge in [0.25, 0.3) is 5.91 Å². The Morgan fingerprint density at radius 3 is 3.04 bits per heavy atom. The topological polar surface area (TPSA) is 80.4 Å². The molecule has 146 valence electrons. The van der Waals surface area contributed by atoms with Crippen molar-refractivity contribution in [3.05, 3.63) is 59.9 Å². The summed E-state index contributed by atoms with van der Waals surface area (Å²) in [5.41, 5.74) is 0. The first-order valence-corrected chi connectivity index (χ1v) is 10.0. The van der Waals surface area contributed by atoms with Gasteiger partial charge in [-0.3, -0.25) is 14.5 Å². The van der Waals surface area contributed by atoms with Gasteiger partial charge in [0.2, 0.25) is 5.91 Å². The highest BCUT2D eigenvalue weighted by Gasteiger charge is 2.31. The van der Waals surface area contributed by atoms with Crippen LogP contribution >= 0.6 is 24.0 Å². The van der Waals surface area contributed by atoms with E-state index in [-0.39, 0.29) is 24.8 Å². The summed E-state index contributed by atoms with van der Waals surface area (Å²) in [6.07, 6.45) is 13.2. The Balaban J connectivity index is 1.40. The highest BCUT2D eigenvalue weighted by molar-refractivity contribution is 8.26. The van der Waals surface area contributed by atoms with Crippen LogP contribution in [-0.4, -0.2) is 43.7 Å². The lowest BCUT2D eigenvalue weighted by atomic mass is 10.3. The van der Waals surface area contributed by atoms with Gasteiger partial charge in [0.05, 0.1) is 17.5 Å². The molecular weight excluding hydrogens is 396 g/mol. The van der Waals surface area contributed by atoms with Crippen LogP contribution in [0.2, 0.25) is 0 Å². The summed E-state index contributed by atoms with van der Waals surface area (Å²) in [5.74, 6) is 0.435. The monoisotopic (exact) mass is 416 g/mol. The third-order valence-electron chi connectivity index (χ3n) is 3.96. The molecule has 0 aliphatic carbocycles. The normalized spacial score (nSPS) is 15.9. The number of hydrogen-bond acceptors (Lipinski definition) is 6. The number of aryl methyl sites for hydroxylation is 1. The molecule has 1 fully saturated rings. The molecule has 2 aromatic rings. The maximum absolute atomic E-state index is 12.5. The summed E-state index contributed by atoms with van der Waals surface area (Å²) in [7, 11) is 0. The lowest BCUT2D eigenvalue weighted by Crippen LogP contribution is -2.34. The minimum absolute atomic E-state index is 0.0959. The van der Waals surface area contributed by atoms with Gasteiger partial charge < -0.3 is 14.3 Å². The molecule has 1 saturated heterocycles. The molecule has 3 rings (SSSR count). The summed E-state index contributed by atoms with van der Waals surface area (Å²) in [4.78, 5) is 30.4. The first-order chi connectivity index (χ1) is 13.6. The Morgan fingerprint density at radius 1 is 1.39 bits per heavy atom. The van der Waals surface area contributed by atoms with E-state index < -0.39 is 0 Å². The molecule has 0 saturated carbocycles. The Hall–Kier alpha value is -2.65. The van der Waals surface area contributed by atoms with Crippen LogP contribution in [0.4, 0.5) is 0 Å². The molecular formula is C19H20N4O3S2. The van der Waals surface area contributed by atoms with Crippen LogP contribution in [0.3, 0.4) is 0 Å². The second-order valence-corrected chi connectivity index (χ2v) is 7.66. The lowest BCUT2D eigenvalue weighted by Gasteiger charge is -2.14. The van der Waals surface area contributed by atoms with Crippen LogP contribution < -0.4 is 5.32 Å². The van der Waals surface area contributed by atoms with Crippen molar-refractivity contribution in [1.29, 1.82) is 0 Å². The molecule has 0 unspecified atom stereocenters. The van der Waals surface area contributed by atoms with Gasteiger partial charge in [-0.2, -0.15) is 0 Å². The quantitative estimate of drug-likeness (QED) is 0.385. The number of carbonyl (C=O) groups is 2. The maximum atomic E-state index is 12.5. The minimum Gasteiger partial charge on any atom is -0.465 e. The lowest BCUT2D eigenvalue weighted by molar-refractivity contribution is -0.123. The van der Waals surface area contributed by atoms with Gasteiger partial charge >= 0.3 is 0 Å². The van der Waals surface area contributed by atoms with Gasteiger partial charge in [0.15, 0.2) is 0 Å². The van der Waals surface area contributed by atoms with Crippen molar-refractivity contribution in [2.24, 2.45) is 0 Å². The van der Waals surface area contributed by atoms with Gasteiger partial charge in [-0.15, -0.1) is 0 Å². The fourth-order valence-corrected chi connectivity index (χ4v) is 3.79. The van der Waals surface area contributed by atoms with Crippen molar-refractivity contribution in [1.82, 2.24) is 19.8 Å². The number of aromatic nitrogens is 2. The van der Waals surface area contributed by atoms with Gasteiger partial charge in [0.1, 0.15) is 10.1 Å². The maximum Gasteiger partial charge on any atom is 0.266 e. The van der Waals surface area contributed by atoms with E-state index in [1.165, 1.54) is 16.7 Å².